The lowest BCUT2D eigenvalue weighted by Crippen LogP contribution is -2.00. The molecule has 0 amide bonds. The molecule has 0 N–H and O–H groups in total. The predicted octanol–water partition coefficient (Wildman–Crippen LogP) is 4.93. The average Bonchev–Trinajstić information content (AvgIpc) is 3.39. The maximum Gasteiger partial charge on any atom is 0.226 e. The first-order chi connectivity index (χ1) is 13.8. The van der Waals surface area contributed by atoms with Crippen molar-refractivity contribution in [2.24, 2.45) is 0 Å². The standard InChI is InChI=1S/C21H19N5OS/c1-14-18(23-20(27-14)15-6-3-2-4-7-15)13-28-21-25-24-19(26(21)17-9-10-17)16-8-5-11-22-12-16/h2-8,11-12,17H,9-10,13H2,1H3. The second-order valence-electron chi connectivity index (χ2n) is 6.83. The molecule has 28 heavy (non-hydrogen) atoms. The Morgan fingerprint density at radius 1 is 1.07 bits per heavy atom. The highest BCUT2D eigenvalue weighted by Gasteiger charge is 2.30. The molecule has 0 bridgehead atoms. The second kappa shape index (κ2) is 7.24. The van der Waals surface area contributed by atoms with Crippen LogP contribution in [0.4, 0.5) is 0 Å². The first kappa shape index (κ1) is 17.2. The van der Waals surface area contributed by atoms with Gasteiger partial charge in [-0.25, -0.2) is 4.98 Å². The summed E-state index contributed by atoms with van der Waals surface area (Å²) in [4.78, 5) is 8.91. The van der Waals surface area contributed by atoms with Crippen molar-refractivity contribution in [2.75, 3.05) is 0 Å². The van der Waals surface area contributed by atoms with E-state index in [2.05, 4.69) is 19.7 Å². The van der Waals surface area contributed by atoms with E-state index in [1.54, 1.807) is 18.0 Å². The van der Waals surface area contributed by atoms with Gasteiger partial charge < -0.3 is 4.42 Å². The molecule has 140 valence electrons. The van der Waals surface area contributed by atoms with Gasteiger partial charge in [0, 0.05) is 35.3 Å². The third kappa shape index (κ3) is 3.33. The zero-order valence-electron chi connectivity index (χ0n) is 15.4. The highest BCUT2D eigenvalue weighted by atomic mass is 32.2. The van der Waals surface area contributed by atoms with Gasteiger partial charge in [-0.05, 0) is 44.0 Å². The van der Waals surface area contributed by atoms with Crippen molar-refractivity contribution in [1.82, 2.24) is 24.7 Å². The number of hydrogen-bond donors (Lipinski definition) is 0. The molecule has 1 aliphatic carbocycles. The predicted molar refractivity (Wildman–Crippen MR) is 108 cm³/mol. The summed E-state index contributed by atoms with van der Waals surface area (Å²) in [6, 6.07) is 14.4. The van der Waals surface area contributed by atoms with Crippen LogP contribution in [0.25, 0.3) is 22.8 Å². The van der Waals surface area contributed by atoms with Crippen molar-refractivity contribution in [3.8, 4) is 22.8 Å². The molecule has 0 aliphatic heterocycles. The molecule has 6 nitrogen and oxygen atoms in total. The third-order valence-electron chi connectivity index (χ3n) is 4.75. The fourth-order valence-corrected chi connectivity index (χ4v) is 4.14. The van der Waals surface area contributed by atoms with Gasteiger partial charge in [-0.3, -0.25) is 9.55 Å². The van der Waals surface area contributed by atoms with E-state index < -0.39 is 0 Å². The Bertz CT molecular complexity index is 1090. The van der Waals surface area contributed by atoms with E-state index in [1.807, 2.05) is 55.6 Å². The Labute approximate surface area is 167 Å². The van der Waals surface area contributed by atoms with E-state index in [4.69, 9.17) is 9.40 Å². The molecule has 0 atom stereocenters. The summed E-state index contributed by atoms with van der Waals surface area (Å²) in [5, 5.41) is 9.82. The number of benzene rings is 1. The first-order valence-electron chi connectivity index (χ1n) is 9.29. The Kier molecular flexibility index (Phi) is 4.44. The molecule has 4 aromatic rings. The second-order valence-corrected chi connectivity index (χ2v) is 7.77. The zero-order chi connectivity index (χ0) is 18.9. The van der Waals surface area contributed by atoms with Crippen LogP contribution in [-0.4, -0.2) is 24.7 Å². The highest BCUT2D eigenvalue weighted by molar-refractivity contribution is 7.98. The number of pyridine rings is 1. The van der Waals surface area contributed by atoms with Crippen molar-refractivity contribution in [3.63, 3.8) is 0 Å². The smallest absolute Gasteiger partial charge is 0.226 e. The quantitative estimate of drug-likeness (QED) is 0.436. The molecule has 0 saturated heterocycles. The lowest BCUT2D eigenvalue weighted by atomic mass is 10.2. The van der Waals surface area contributed by atoms with Gasteiger partial charge in [-0.2, -0.15) is 0 Å². The lowest BCUT2D eigenvalue weighted by molar-refractivity contribution is 0.540. The Balaban J connectivity index is 1.39. The molecule has 1 aromatic carbocycles. The van der Waals surface area contributed by atoms with Gasteiger partial charge in [0.15, 0.2) is 11.0 Å². The van der Waals surface area contributed by atoms with E-state index in [-0.39, 0.29) is 0 Å². The van der Waals surface area contributed by atoms with E-state index in [0.29, 0.717) is 17.7 Å². The molecule has 7 heteroatoms. The fraction of sp³-hybridized carbons (Fsp3) is 0.238. The van der Waals surface area contributed by atoms with Gasteiger partial charge in [0.05, 0.1) is 5.69 Å². The maximum atomic E-state index is 5.88. The topological polar surface area (TPSA) is 69.6 Å². The van der Waals surface area contributed by atoms with Crippen molar-refractivity contribution in [2.45, 2.75) is 36.7 Å². The number of hydrogen-bond acceptors (Lipinski definition) is 6. The first-order valence-corrected chi connectivity index (χ1v) is 10.3. The summed E-state index contributed by atoms with van der Waals surface area (Å²) in [7, 11) is 0. The van der Waals surface area contributed by atoms with Crippen molar-refractivity contribution >= 4 is 11.8 Å². The summed E-state index contributed by atoms with van der Waals surface area (Å²) < 4.78 is 8.12. The van der Waals surface area contributed by atoms with Crippen LogP contribution in [0.5, 0.6) is 0 Å². The number of oxazole rings is 1. The normalized spacial score (nSPS) is 13.8. The van der Waals surface area contributed by atoms with Crippen LogP contribution in [0.15, 0.2) is 64.4 Å². The summed E-state index contributed by atoms with van der Waals surface area (Å²) >= 11 is 1.65. The van der Waals surface area contributed by atoms with Gasteiger partial charge in [-0.15, -0.1) is 10.2 Å². The number of nitrogens with zero attached hydrogens (tertiary/aromatic N) is 5. The summed E-state index contributed by atoms with van der Waals surface area (Å²) in [6.45, 7) is 1.96. The largest absolute Gasteiger partial charge is 0.441 e. The minimum absolute atomic E-state index is 0.478. The van der Waals surface area contributed by atoms with Gasteiger partial charge in [-0.1, -0.05) is 30.0 Å². The Morgan fingerprint density at radius 3 is 2.64 bits per heavy atom. The Morgan fingerprint density at radius 2 is 1.89 bits per heavy atom. The molecular formula is C21H19N5OS. The Hall–Kier alpha value is -2.93. The van der Waals surface area contributed by atoms with Gasteiger partial charge in [0.25, 0.3) is 0 Å². The molecule has 1 saturated carbocycles. The van der Waals surface area contributed by atoms with Gasteiger partial charge >= 0.3 is 0 Å². The van der Waals surface area contributed by atoms with Gasteiger partial charge in [0.2, 0.25) is 5.89 Å². The third-order valence-corrected chi connectivity index (χ3v) is 5.70. The molecule has 1 fully saturated rings. The minimum atomic E-state index is 0.478. The van der Waals surface area contributed by atoms with Gasteiger partial charge in [0.1, 0.15) is 5.76 Å². The molecule has 0 unspecified atom stereocenters. The summed E-state index contributed by atoms with van der Waals surface area (Å²) in [5.41, 5.74) is 2.93. The average molecular weight is 389 g/mol. The van der Waals surface area contributed by atoms with Crippen molar-refractivity contribution in [3.05, 3.63) is 66.3 Å². The number of aryl methyl sites for hydroxylation is 1. The van der Waals surface area contributed by atoms with Crippen LogP contribution in [-0.2, 0) is 5.75 Å². The molecule has 5 rings (SSSR count). The van der Waals surface area contributed by atoms with Crippen LogP contribution in [0, 0.1) is 6.92 Å². The molecule has 3 heterocycles. The lowest BCUT2D eigenvalue weighted by Gasteiger charge is -2.08. The summed E-state index contributed by atoms with van der Waals surface area (Å²) in [5.74, 6) is 3.09. The molecular weight excluding hydrogens is 370 g/mol. The van der Waals surface area contributed by atoms with Crippen LogP contribution in [0.2, 0.25) is 0 Å². The van der Waals surface area contributed by atoms with Crippen molar-refractivity contribution in [1.29, 1.82) is 0 Å². The van der Waals surface area contributed by atoms with Crippen LogP contribution < -0.4 is 0 Å². The van der Waals surface area contributed by atoms with E-state index in [9.17, 15) is 0 Å². The fourth-order valence-electron chi connectivity index (χ4n) is 3.13. The van der Waals surface area contributed by atoms with Crippen LogP contribution in [0.3, 0.4) is 0 Å². The maximum absolute atomic E-state index is 5.88. The molecule has 0 spiro atoms. The number of rotatable bonds is 6. The monoisotopic (exact) mass is 389 g/mol. The van der Waals surface area contributed by atoms with Crippen LogP contribution >= 0.6 is 11.8 Å². The highest BCUT2D eigenvalue weighted by Crippen LogP contribution is 2.41. The number of thioether (sulfide) groups is 1. The molecule has 0 radical (unpaired) electrons. The van der Waals surface area contributed by atoms with Crippen molar-refractivity contribution < 1.29 is 4.42 Å². The SMILES string of the molecule is Cc1oc(-c2ccccc2)nc1CSc1nnc(-c2cccnc2)n1C1CC1. The zero-order valence-corrected chi connectivity index (χ0v) is 16.3. The van der Waals surface area contributed by atoms with E-state index >= 15 is 0 Å². The van der Waals surface area contributed by atoms with Crippen LogP contribution in [0.1, 0.15) is 30.3 Å². The van der Waals surface area contributed by atoms with E-state index in [1.165, 1.54) is 12.8 Å². The summed E-state index contributed by atoms with van der Waals surface area (Å²) in [6.07, 6.45) is 5.94. The molecule has 3 aromatic heterocycles. The minimum Gasteiger partial charge on any atom is -0.441 e. The molecule has 1 aliphatic rings. The van der Waals surface area contributed by atoms with E-state index in [0.717, 1.165) is 33.6 Å². The number of aromatic nitrogens is 5.